The third kappa shape index (κ3) is 31.2. The number of carboxylic acid groups (broad SMARTS) is 1. The number of aromatic nitrogens is 5. The number of methoxy groups -OCH3 is 3. The second-order valence-electron chi connectivity index (χ2n) is 35.2. The Hall–Kier alpha value is -13.8. The fourth-order valence-electron chi connectivity index (χ4n) is 16.2. The van der Waals surface area contributed by atoms with Crippen molar-refractivity contribution in [3.05, 3.63) is 113 Å². The van der Waals surface area contributed by atoms with E-state index in [4.69, 9.17) is 47.0 Å². The highest BCUT2D eigenvalue weighted by Crippen LogP contribution is 2.37. The number of nitrogens with zero attached hydrogens (tertiary/aromatic N) is 4. The third-order valence-electron chi connectivity index (χ3n) is 24.6. The molecule has 4 saturated heterocycles. The van der Waals surface area contributed by atoms with Gasteiger partial charge in [0.25, 0.3) is 11.8 Å². The number of rotatable bonds is 38. The average Bonchev–Trinajstić information content (AvgIpc) is 1.68. The number of carbonyl (C=O) groups excluding carboxylic acids is 14. The summed E-state index contributed by atoms with van der Waals surface area (Å²) in [6, 6.07) is 18.3. The summed E-state index contributed by atoms with van der Waals surface area (Å²) in [7, 11) is 4.56. The summed E-state index contributed by atoms with van der Waals surface area (Å²) in [6.45, 7) is 2.61. The van der Waals surface area contributed by atoms with E-state index in [1.165, 1.54) is 21.3 Å². The summed E-state index contributed by atoms with van der Waals surface area (Å²) >= 11 is 0. The Kier molecular flexibility index (Phi) is 36.3. The van der Waals surface area contributed by atoms with Crippen molar-refractivity contribution in [1.82, 2.24) is 83.4 Å². The van der Waals surface area contributed by atoms with Gasteiger partial charge in [-0.15, -0.1) is 0 Å². The summed E-state index contributed by atoms with van der Waals surface area (Å²) < 4.78 is 20.4. The maximum Gasteiger partial charge on any atom is 0.408 e. The highest BCUT2D eigenvalue weighted by Gasteiger charge is 2.40. The van der Waals surface area contributed by atoms with Gasteiger partial charge in [-0.25, -0.2) is 24.5 Å². The number of alkyl carbamates (subject to hydrolysis) is 1. The number of benzene rings is 1. The number of primary amides is 3. The topological polar surface area (TPSA) is 644 Å². The van der Waals surface area contributed by atoms with Crippen LogP contribution in [0.3, 0.4) is 0 Å². The minimum absolute atomic E-state index is 0.0796. The van der Waals surface area contributed by atoms with Gasteiger partial charge in [-0.3, -0.25) is 62.3 Å². The van der Waals surface area contributed by atoms with Crippen LogP contribution in [0.1, 0.15) is 192 Å². The molecule has 0 bridgehead atoms. The molecule has 8 fully saturated rings. The van der Waals surface area contributed by atoms with Crippen LogP contribution in [0.2, 0.25) is 0 Å². The van der Waals surface area contributed by atoms with Crippen LogP contribution in [0, 0.1) is 58.7 Å². The van der Waals surface area contributed by atoms with Crippen molar-refractivity contribution in [3.8, 4) is 23.7 Å². The Morgan fingerprint density at radius 1 is 0.451 bits per heavy atom. The number of hydrogen-bond acceptors (Lipinski definition) is 24. The van der Waals surface area contributed by atoms with Gasteiger partial charge in [0.15, 0.2) is 0 Å². The summed E-state index contributed by atoms with van der Waals surface area (Å²) in [4.78, 5) is 202. The molecule has 12 atom stereocenters. The molecule has 0 radical (unpaired) electrons. The van der Waals surface area contributed by atoms with Crippen molar-refractivity contribution in [2.45, 2.75) is 215 Å². The lowest BCUT2D eigenvalue weighted by molar-refractivity contribution is -0.133. The number of nitrogens with one attached hydrogen (secondary N) is 13. The average molecular weight is 1840 g/mol. The van der Waals surface area contributed by atoms with Crippen molar-refractivity contribution in [1.29, 1.82) is 5.26 Å². The lowest BCUT2D eigenvalue weighted by Crippen LogP contribution is -2.54. The van der Waals surface area contributed by atoms with E-state index >= 15 is 0 Å². The summed E-state index contributed by atoms with van der Waals surface area (Å²) in [5, 5.41) is 48.3. The molecule has 6 aromatic rings. The van der Waals surface area contributed by atoms with Crippen molar-refractivity contribution in [2.75, 3.05) is 47.5 Å². The van der Waals surface area contributed by atoms with Crippen LogP contribution in [-0.4, -0.2) is 215 Å². The minimum Gasteiger partial charge on any atom is -0.481 e. The van der Waals surface area contributed by atoms with Crippen LogP contribution < -0.4 is 95.6 Å². The van der Waals surface area contributed by atoms with E-state index in [1.807, 2.05) is 36.4 Å². The molecule has 22 N–H and O–H groups in total. The second-order valence-corrected chi connectivity index (χ2v) is 35.2. The van der Waals surface area contributed by atoms with Gasteiger partial charge in [-0.2, -0.15) is 5.26 Å². The normalized spacial score (nSPS) is 19.9. The number of aromatic amines is 2. The van der Waals surface area contributed by atoms with Gasteiger partial charge in [-0.05, 0) is 168 Å². The first-order valence-corrected chi connectivity index (χ1v) is 45.4. The number of pyridine rings is 3. The van der Waals surface area contributed by atoms with Crippen molar-refractivity contribution < 1.29 is 96.0 Å². The number of piperidine rings is 4. The minimum atomic E-state index is -0.996. The zero-order chi connectivity index (χ0) is 95.4. The molecule has 4 aliphatic heterocycles. The third-order valence-corrected chi connectivity index (χ3v) is 24.6. The van der Waals surface area contributed by atoms with Gasteiger partial charge in [0.2, 0.25) is 82.6 Å². The molecule has 1 aromatic carbocycles. The van der Waals surface area contributed by atoms with Crippen LogP contribution >= 0.6 is 0 Å². The Morgan fingerprint density at radius 2 is 0.827 bits per heavy atom. The van der Waals surface area contributed by atoms with E-state index < -0.39 is 108 Å². The molecule has 5 aliphatic carbocycles. The molecular formula is C92H121N21O20. The monoisotopic (exact) mass is 1840 g/mol. The number of nitriles is 1. The van der Waals surface area contributed by atoms with Gasteiger partial charge in [-0.1, -0.05) is 87.8 Å². The van der Waals surface area contributed by atoms with Crippen molar-refractivity contribution in [2.24, 2.45) is 70.3 Å². The van der Waals surface area contributed by atoms with Crippen LogP contribution in [0.25, 0.3) is 28.1 Å². The van der Waals surface area contributed by atoms with Crippen molar-refractivity contribution >= 4 is 117 Å². The Labute approximate surface area is 767 Å². The molecule has 9 heterocycles. The van der Waals surface area contributed by atoms with Gasteiger partial charge in [0.1, 0.15) is 60.3 Å². The summed E-state index contributed by atoms with van der Waals surface area (Å²) in [6.07, 6.45) is 18.4. The zero-order valence-electron chi connectivity index (χ0n) is 74.8. The van der Waals surface area contributed by atoms with Gasteiger partial charge in [0, 0.05) is 80.0 Å². The highest BCUT2D eigenvalue weighted by atomic mass is 16.5. The van der Waals surface area contributed by atoms with E-state index in [0.717, 1.165) is 88.2 Å². The molecule has 9 aliphatic rings. The zero-order valence-corrected chi connectivity index (χ0v) is 74.8. The molecule has 133 heavy (non-hydrogen) atoms. The van der Waals surface area contributed by atoms with Crippen LogP contribution in [0.15, 0.2) is 84.4 Å². The molecule has 41 nitrogen and oxygen atoms in total. The van der Waals surface area contributed by atoms with Crippen molar-refractivity contribution in [3.63, 3.8) is 0 Å². The largest absolute Gasteiger partial charge is 0.481 e. The number of hydrogen-bond donors (Lipinski definition) is 18. The van der Waals surface area contributed by atoms with E-state index in [1.54, 1.807) is 48.5 Å². The fourth-order valence-corrected chi connectivity index (χ4v) is 16.2. The maximum atomic E-state index is 13.1. The van der Waals surface area contributed by atoms with E-state index in [9.17, 15) is 77.2 Å². The van der Waals surface area contributed by atoms with E-state index in [2.05, 4.69) is 89.5 Å². The first kappa shape index (κ1) is 99.8. The van der Waals surface area contributed by atoms with E-state index in [-0.39, 0.29) is 96.9 Å². The van der Waals surface area contributed by atoms with Gasteiger partial charge >= 0.3 is 12.1 Å². The molecule has 5 aromatic heterocycles. The molecule has 15 rings (SSSR count). The molecule has 0 unspecified atom stereocenters. The predicted octanol–water partition coefficient (Wildman–Crippen LogP) is 2.83. The smallest absolute Gasteiger partial charge is 0.408 e. The number of fused-ring (bicyclic) bond motifs is 3. The Bertz CT molecular complexity index is 5250. The number of aliphatic carboxylic acids is 1. The van der Waals surface area contributed by atoms with Gasteiger partial charge in [0.05, 0.1) is 61.2 Å². The van der Waals surface area contributed by atoms with Crippen LogP contribution in [0.5, 0.6) is 17.6 Å². The molecule has 0 spiro atoms. The lowest BCUT2D eigenvalue weighted by Gasteiger charge is -2.27. The predicted molar refractivity (Wildman–Crippen MR) is 481 cm³/mol. The second kappa shape index (κ2) is 48.4. The SMILES string of the molecule is COc1ccc2[nH]c(C(=O)N[C@@H](CC3CC3)C(=O)N[C@@H](C[C@@H]3CCCNC3=O)C(N)=O)cc2n1.COc1ccc2[nH]c(C(=O)N[C@@H](CC3CC3)C(=O)N[C@H](C#N)C[C@@H]3CCCNC3=O)cc2n1.COc1ccc2c(n1)C=C(C(=O)O)C2.NC(=O)[C@H](C[C@@H]1CCCNC1=O)NC(=O)[C@@H](N)CC1CC1.NC(=O)[C@H](C[C@@H]1CCCNC1=O)NC(=O)[C@H](CC1CC1)NC(=O)OCc1ccccc1. The number of carbonyl (C=O) groups is 15. The first-order chi connectivity index (χ1) is 63.9. The van der Waals surface area contributed by atoms with E-state index in [0.29, 0.717) is 159 Å². The summed E-state index contributed by atoms with van der Waals surface area (Å²) in [5.74, 6) is -4.39. The highest BCUT2D eigenvalue weighted by molar-refractivity contribution is 6.02. The lowest BCUT2D eigenvalue weighted by atomic mass is 9.91. The molecule has 714 valence electrons. The standard InChI is InChI=1S/C23H30N6O5.C23H28N6O4.C22H30N4O5.C14H24N4O3.C10H9NO3/c1-34-19-7-6-14-15(27-19)11-18(26-14)23(33)29-17(9-12-4-5-12)22(32)28-16(20(24)30)10-13-3-2-8-25-21(13)31;1-33-20-7-6-16-17(28-20)11-19(27-16)23(32)29-18(9-13-4-5-13)22(31)26-15(12-24)10-14-3-2-8-25-21(14)30;23-19(27)17(12-16-7-4-10-24-20(16)28)25-21(29)18(11-14-8-9-14)26-22(30)31-13-15-5-2-1-3-6-15;15-10(6-8-3-4-8)14(21)18-11(12(16)19)7-9-2-1-5-17-13(9)20;1-14-9-3-2-6-4-7(10(12)13)5-8(6)11-9/h6-7,11-13,16-17,26H,2-5,8-10H2,1H3,(H2,24,30)(H,25,31)(H,28,32)(H,29,33);6-7,11,13-15,18,27H,2-5,8-10H2,1H3,(H,25,30)(H,26,31)(H,29,32);1-3,5-6,14,16-18H,4,7-13H2,(H2,23,27)(H,24,28)(H,25,29)(H,26,30);8-11H,1-7,15H2,(H2,16,19)(H,17,20)(H,18,21);2-3,5H,4H2,1H3,(H,12,13)/t13-,16-,17-;14-,15-,18-;16-,17-,18-;9-,10-,11-;/m0000./s1. The molecule has 4 saturated carbocycles. The fraction of sp³-hybridized carbons (Fsp3) is 0.533. The number of nitrogens with two attached hydrogens (primary N) is 4. The summed E-state index contributed by atoms with van der Waals surface area (Å²) in [5.41, 5.74) is 28.0. The molecular weight excluding hydrogens is 1720 g/mol. The van der Waals surface area contributed by atoms with Crippen LogP contribution in [0.4, 0.5) is 4.79 Å². The Balaban J connectivity index is 0.000000164. The number of H-pyrrole nitrogens is 2. The number of carboxylic acids is 1. The number of amides is 14. The first-order valence-electron chi connectivity index (χ1n) is 45.4. The maximum absolute atomic E-state index is 13.1. The van der Waals surface area contributed by atoms with Crippen LogP contribution in [-0.2, 0) is 75.3 Å². The molecule has 41 heteroatoms. The Morgan fingerprint density at radius 3 is 1.21 bits per heavy atom. The van der Waals surface area contributed by atoms with Gasteiger partial charge < -0.3 is 115 Å². The quantitative estimate of drug-likeness (QED) is 0.0265. The number of ether oxygens (including phenoxy) is 4. The molecule has 14 amide bonds.